The second-order valence-electron chi connectivity index (χ2n) is 8.07. The highest BCUT2D eigenvalue weighted by molar-refractivity contribution is 6.30. The lowest BCUT2D eigenvalue weighted by molar-refractivity contribution is -0.113. The summed E-state index contributed by atoms with van der Waals surface area (Å²) in [6.45, 7) is 5.17. The van der Waals surface area contributed by atoms with Gasteiger partial charge >= 0.3 is 0 Å². The number of hydrogen-bond acceptors (Lipinski definition) is 5. The minimum Gasteiger partial charge on any atom is -0.382 e. The molecule has 9 heteroatoms. The molecule has 1 amide bonds. The van der Waals surface area contributed by atoms with Gasteiger partial charge in [-0.15, -0.1) is 0 Å². The summed E-state index contributed by atoms with van der Waals surface area (Å²) in [7, 11) is 0. The molecule has 0 radical (unpaired) electrons. The number of aryl methyl sites for hydroxylation is 2. The average Bonchev–Trinajstić information content (AvgIpc) is 2.88. The van der Waals surface area contributed by atoms with Gasteiger partial charge in [0, 0.05) is 37.1 Å². The summed E-state index contributed by atoms with van der Waals surface area (Å²) < 4.78 is 8.59. The van der Waals surface area contributed by atoms with E-state index in [1.54, 1.807) is 47.2 Å². The normalized spacial score (nSPS) is 12.0. The minimum atomic E-state index is -0.548. The lowest BCUT2D eigenvalue weighted by atomic mass is 10.2. The molecule has 182 valence electrons. The zero-order chi connectivity index (χ0) is 25.7. The van der Waals surface area contributed by atoms with Crippen LogP contribution in [0, 0.1) is 18.3 Å². The second-order valence-corrected chi connectivity index (χ2v) is 8.51. The Morgan fingerprint density at radius 2 is 2.03 bits per heavy atom. The predicted molar refractivity (Wildman–Crippen MR) is 139 cm³/mol. The van der Waals surface area contributed by atoms with E-state index in [2.05, 4.69) is 11.1 Å². The van der Waals surface area contributed by atoms with E-state index in [9.17, 15) is 14.9 Å². The highest BCUT2D eigenvalue weighted by Crippen LogP contribution is 2.14. The van der Waals surface area contributed by atoms with E-state index in [1.807, 2.05) is 19.9 Å². The Morgan fingerprint density at radius 3 is 2.75 bits per heavy atom. The Bertz CT molecular complexity index is 1640. The van der Waals surface area contributed by atoms with Crippen LogP contribution in [-0.4, -0.2) is 33.1 Å². The number of pyridine rings is 2. The van der Waals surface area contributed by atoms with Crippen LogP contribution in [0.25, 0.3) is 22.8 Å². The molecule has 8 nitrogen and oxygen atoms in total. The second kappa shape index (κ2) is 11.1. The first-order valence-electron chi connectivity index (χ1n) is 11.5. The van der Waals surface area contributed by atoms with Crippen molar-refractivity contribution in [1.29, 1.82) is 5.26 Å². The van der Waals surface area contributed by atoms with E-state index in [0.29, 0.717) is 42.5 Å². The first-order valence-corrected chi connectivity index (χ1v) is 11.9. The zero-order valence-electron chi connectivity index (χ0n) is 19.9. The molecule has 0 aliphatic rings. The highest BCUT2D eigenvalue weighted by Gasteiger charge is 2.15. The number of benzene rings is 1. The third-order valence-electron chi connectivity index (χ3n) is 5.60. The molecule has 4 rings (SSSR count). The standard InChI is InChI=1S/C27H24ClN5O3/c1-3-36-15-5-14-32-25(30-23(34)12-9-19-7-10-21(28)11-8-19)20(17-29)16-22-26(32)31-24-18(2)6-4-13-33(24)27(22)35/h4,6-13,16H,3,5,14-15H2,1-2H3. The summed E-state index contributed by atoms with van der Waals surface area (Å²) in [6.07, 6.45) is 5.17. The van der Waals surface area contributed by atoms with Crippen molar-refractivity contribution in [2.24, 2.45) is 4.99 Å². The van der Waals surface area contributed by atoms with Crippen molar-refractivity contribution in [1.82, 2.24) is 14.0 Å². The smallest absolute Gasteiger partial charge is 0.271 e. The molecule has 0 bridgehead atoms. The Hall–Kier alpha value is -4.06. The van der Waals surface area contributed by atoms with Gasteiger partial charge in [-0.3, -0.25) is 14.0 Å². The fourth-order valence-electron chi connectivity index (χ4n) is 3.85. The molecule has 4 aromatic rings. The summed E-state index contributed by atoms with van der Waals surface area (Å²) in [5, 5.41) is 10.8. The molecular weight excluding hydrogens is 478 g/mol. The van der Waals surface area contributed by atoms with Crippen molar-refractivity contribution in [3.8, 4) is 6.07 Å². The number of fused-ring (bicyclic) bond motifs is 2. The molecular formula is C27H24ClN5O3. The number of nitrogens with zero attached hydrogens (tertiary/aromatic N) is 5. The van der Waals surface area contributed by atoms with Gasteiger partial charge in [-0.05, 0) is 61.7 Å². The van der Waals surface area contributed by atoms with E-state index >= 15 is 0 Å². The molecule has 1 aromatic carbocycles. The van der Waals surface area contributed by atoms with Crippen LogP contribution in [0.1, 0.15) is 30.0 Å². The summed E-state index contributed by atoms with van der Waals surface area (Å²) in [4.78, 5) is 35.1. The monoisotopic (exact) mass is 501 g/mol. The number of halogens is 1. The molecule has 0 saturated carbocycles. The van der Waals surface area contributed by atoms with Gasteiger partial charge in [0.15, 0.2) is 5.49 Å². The number of carbonyl (C=O) groups is 1. The Balaban J connectivity index is 1.92. The lowest BCUT2D eigenvalue weighted by Crippen LogP contribution is -2.30. The van der Waals surface area contributed by atoms with Crippen molar-refractivity contribution in [3.63, 3.8) is 0 Å². The molecule has 36 heavy (non-hydrogen) atoms. The van der Waals surface area contributed by atoms with Crippen LogP contribution in [0.2, 0.25) is 5.02 Å². The molecule has 0 atom stereocenters. The van der Waals surface area contributed by atoms with Crippen molar-refractivity contribution < 1.29 is 9.53 Å². The van der Waals surface area contributed by atoms with Gasteiger partial charge in [0.2, 0.25) is 0 Å². The van der Waals surface area contributed by atoms with Crippen LogP contribution < -0.4 is 11.0 Å². The molecule has 3 aromatic heterocycles. The van der Waals surface area contributed by atoms with Crippen LogP contribution in [0.3, 0.4) is 0 Å². The number of ether oxygens (including phenoxy) is 1. The Kier molecular flexibility index (Phi) is 7.74. The van der Waals surface area contributed by atoms with Crippen molar-refractivity contribution >= 4 is 40.3 Å². The van der Waals surface area contributed by atoms with Crippen LogP contribution in [0.5, 0.6) is 0 Å². The lowest BCUT2D eigenvalue weighted by Gasteiger charge is -2.14. The maximum absolute atomic E-state index is 13.3. The quantitative estimate of drug-likeness (QED) is 0.216. The minimum absolute atomic E-state index is 0.110. The van der Waals surface area contributed by atoms with Gasteiger partial charge in [-0.1, -0.05) is 29.8 Å². The molecule has 0 aliphatic heterocycles. The van der Waals surface area contributed by atoms with E-state index in [1.165, 1.54) is 16.5 Å². The largest absolute Gasteiger partial charge is 0.382 e. The predicted octanol–water partition coefficient (Wildman–Crippen LogP) is 4.05. The third-order valence-corrected chi connectivity index (χ3v) is 5.86. The fourth-order valence-corrected chi connectivity index (χ4v) is 3.98. The summed E-state index contributed by atoms with van der Waals surface area (Å²) in [5.74, 6) is -0.548. The summed E-state index contributed by atoms with van der Waals surface area (Å²) >= 11 is 5.92. The van der Waals surface area contributed by atoms with Gasteiger partial charge in [0.1, 0.15) is 17.4 Å². The maximum Gasteiger partial charge on any atom is 0.271 e. The van der Waals surface area contributed by atoms with E-state index in [-0.39, 0.29) is 22.0 Å². The number of carbonyl (C=O) groups excluding carboxylic acids is 1. The van der Waals surface area contributed by atoms with Gasteiger partial charge in [-0.2, -0.15) is 10.3 Å². The number of hydrogen-bond donors (Lipinski definition) is 0. The highest BCUT2D eigenvalue weighted by atomic mass is 35.5. The van der Waals surface area contributed by atoms with Gasteiger partial charge in [0.25, 0.3) is 11.5 Å². The van der Waals surface area contributed by atoms with Crippen LogP contribution >= 0.6 is 11.6 Å². The summed E-state index contributed by atoms with van der Waals surface area (Å²) in [6, 6.07) is 14.2. The molecule has 0 spiro atoms. The molecule has 0 unspecified atom stereocenters. The molecule has 0 saturated heterocycles. The fraction of sp³-hybridized carbons (Fsp3) is 0.222. The first-order chi connectivity index (χ1) is 17.4. The zero-order valence-corrected chi connectivity index (χ0v) is 20.7. The molecule has 3 heterocycles. The van der Waals surface area contributed by atoms with Gasteiger partial charge in [0.05, 0.1) is 10.9 Å². The van der Waals surface area contributed by atoms with Crippen molar-refractivity contribution in [3.05, 3.63) is 92.3 Å². The Labute approximate surface area is 212 Å². The van der Waals surface area contributed by atoms with Crippen LogP contribution in [0.15, 0.2) is 64.5 Å². The SMILES string of the molecule is CCOCCCn1c(=NC(=O)C=Cc2ccc(Cl)cc2)c(C#N)cc2c(=O)n3cccc(C)c3nc21. The first kappa shape index (κ1) is 25.0. The number of aromatic nitrogens is 3. The topological polar surface area (TPSA) is 102 Å². The van der Waals surface area contributed by atoms with Crippen molar-refractivity contribution in [2.45, 2.75) is 26.8 Å². The number of nitriles is 1. The molecule has 0 fully saturated rings. The van der Waals surface area contributed by atoms with Gasteiger partial charge in [-0.25, -0.2) is 4.98 Å². The van der Waals surface area contributed by atoms with Crippen LogP contribution in [-0.2, 0) is 16.1 Å². The maximum atomic E-state index is 13.3. The van der Waals surface area contributed by atoms with Crippen LogP contribution in [0.4, 0.5) is 0 Å². The number of rotatable bonds is 7. The van der Waals surface area contributed by atoms with Crippen molar-refractivity contribution in [2.75, 3.05) is 13.2 Å². The third kappa shape index (κ3) is 5.28. The summed E-state index contributed by atoms with van der Waals surface area (Å²) in [5.41, 5.74) is 2.42. The van der Waals surface area contributed by atoms with Gasteiger partial charge < -0.3 is 9.30 Å². The van der Waals surface area contributed by atoms with E-state index < -0.39 is 5.91 Å². The molecule has 0 aliphatic carbocycles. The van der Waals surface area contributed by atoms with E-state index in [4.69, 9.17) is 21.3 Å². The Morgan fingerprint density at radius 1 is 1.25 bits per heavy atom. The average molecular weight is 502 g/mol. The van der Waals surface area contributed by atoms with E-state index in [0.717, 1.165) is 11.1 Å². The molecule has 0 N–H and O–H groups in total. The number of amides is 1.